The lowest BCUT2D eigenvalue weighted by atomic mass is 10.1. The molecule has 0 aliphatic carbocycles. The second-order valence-electron chi connectivity index (χ2n) is 4.21. The summed E-state index contributed by atoms with van der Waals surface area (Å²) >= 11 is 3.42. The van der Waals surface area contributed by atoms with Crippen LogP contribution in [0.1, 0.15) is 5.56 Å². The first-order valence-corrected chi connectivity index (χ1v) is 6.91. The van der Waals surface area contributed by atoms with Gasteiger partial charge in [0.1, 0.15) is 4.60 Å². The number of aromatic nitrogens is 4. The molecule has 0 unspecified atom stereocenters. The van der Waals surface area contributed by atoms with Crippen molar-refractivity contribution in [2.75, 3.05) is 5.32 Å². The number of nitrogens with one attached hydrogen (secondary N) is 2. The van der Waals surface area contributed by atoms with Gasteiger partial charge in [-0.2, -0.15) is 5.10 Å². The van der Waals surface area contributed by atoms with Gasteiger partial charge in [-0.1, -0.05) is 0 Å². The quantitative estimate of drug-likeness (QED) is 0.721. The van der Waals surface area contributed by atoms with Crippen LogP contribution in [0.4, 0.5) is 5.69 Å². The molecule has 3 heterocycles. The van der Waals surface area contributed by atoms with Crippen molar-refractivity contribution in [3.8, 4) is 11.3 Å². The van der Waals surface area contributed by atoms with Crippen molar-refractivity contribution in [3.63, 3.8) is 0 Å². The van der Waals surface area contributed by atoms with Crippen LogP contribution in [0, 0.1) is 0 Å². The zero-order chi connectivity index (χ0) is 13.8. The SMILES string of the molecule is Brc1ncccc1NCc1cn[nH]c1-c1cccnc1. The minimum atomic E-state index is 0.658. The second-order valence-corrected chi connectivity index (χ2v) is 4.96. The molecule has 0 radical (unpaired) electrons. The lowest BCUT2D eigenvalue weighted by Crippen LogP contribution is -2.01. The van der Waals surface area contributed by atoms with Gasteiger partial charge in [-0.05, 0) is 40.2 Å². The Labute approximate surface area is 124 Å². The third-order valence-electron chi connectivity index (χ3n) is 2.90. The molecule has 0 fully saturated rings. The van der Waals surface area contributed by atoms with Gasteiger partial charge < -0.3 is 5.32 Å². The fourth-order valence-corrected chi connectivity index (χ4v) is 2.30. The fourth-order valence-electron chi connectivity index (χ4n) is 1.91. The highest BCUT2D eigenvalue weighted by atomic mass is 79.9. The van der Waals surface area contributed by atoms with Crippen LogP contribution < -0.4 is 5.32 Å². The summed E-state index contributed by atoms with van der Waals surface area (Å²) in [5.41, 5.74) is 4.03. The fraction of sp³-hybridized carbons (Fsp3) is 0.0714. The normalized spacial score (nSPS) is 10.4. The summed E-state index contributed by atoms with van der Waals surface area (Å²) in [4.78, 5) is 8.31. The zero-order valence-electron chi connectivity index (χ0n) is 10.5. The summed E-state index contributed by atoms with van der Waals surface area (Å²) in [6, 6.07) is 7.78. The molecule has 2 N–H and O–H groups in total. The molecule has 3 aromatic heterocycles. The van der Waals surface area contributed by atoms with E-state index in [0.717, 1.165) is 27.1 Å². The van der Waals surface area contributed by atoms with Gasteiger partial charge in [0, 0.05) is 36.3 Å². The maximum absolute atomic E-state index is 4.18. The molecular weight excluding hydrogens is 318 g/mol. The third kappa shape index (κ3) is 2.70. The Morgan fingerprint density at radius 1 is 1.15 bits per heavy atom. The molecule has 0 bridgehead atoms. The molecule has 5 nitrogen and oxygen atoms in total. The van der Waals surface area contributed by atoms with Crippen LogP contribution in [-0.4, -0.2) is 20.2 Å². The zero-order valence-corrected chi connectivity index (χ0v) is 12.1. The average molecular weight is 330 g/mol. The van der Waals surface area contributed by atoms with E-state index in [9.17, 15) is 0 Å². The highest BCUT2D eigenvalue weighted by molar-refractivity contribution is 9.10. The molecule has 6 heteroatoms. The summed E-state index contributed by atoms with van der Waals surface area (Å²) < 4.78 is 0.798. The number of H-pyrrole nitrogens is 1. The minimum absolute atomic E-state index is 0.658. The molecular formula is C14H12BrN5. The Morgan fingerprint density at radius 3 is 2.85 bits per heavy atom. The number of hydrogen-bond donors (Lipinski definition) is 2. The lowest BCUT2D eigenvalue weighted by Gasteiger charge is -2.08. The molecule has 0 saturated heterocycles. The second kappa shape index (κ2) is 5.83. The van der Waals surface area contributed by atoms with Crippen molar-refractivity contribution in [1.29, 1.82) is 0 Å². The predicted molar refractivity (Wildman–Crippen MR) is 81.1 cm³/mol. The van der Waals surface area contributed by atoms with Gasteiger partial charge in [0.25, 0.3) is 0 Å². The van der Waals surface area contributed by atoms with Crippen LogP contribution in [0.15, 0.2) is 53.7 Å². The molecule has 20 heavy (non-hydrogen) atoms. The molecule has 3 aromatic rings. The van der Waals surface area contributed by atoms with Gasteiger partial charge in [-0.15, -0.1) is 0 Å². The van der Waals surface area contributed by atoms with Crippen LogP contribution in [0.25, 0.3) is 11.3 Å². The number of halogens is 1. The number of aromatic amines is 1. The van der Waals surface area contributed by atoms with Crippen LogP contribution in [0.2, 0.25) is 0 Å². The highest BCUT2D eigenvalue weighted by Crippen LogP contribution is 2.23. The molecule has 100 valence electrons. The van der Waals surface area contributed by atoms with E-state index in [1.54, 1.807) is 12.4 Å². The highest BCUT2D eigenvalue weighted by Gasteiger charge is 2.08. The van der Waals surface area contributed by atoms with E-state index in [1.807, 2.05) is 36.7 Å². The summed E-state index contributed by atoms with van der Waals surface area (Å²) in [6.07, 6.45) is 7.13. The van der Waals surface area contributed by atoms with Crippen molar-refractivity contribution in [3.05, 3.63) is 59.2 Å². The first kappa shape index (κ1) is 12.8. The third-order valence-corrected chi connectivity index (χ3v) is 3.53. The maximum atomic E-state index is 4.18. The van der Waals surface area contributed by atoms with Crippen molar-refractivity contribution >= 4 is 21.6 Å². The van der Waals surface area contributed by atoms with Crippen LogP contribution in [0.5, 0.6) is 0 Å². The molecule has 0 aliphatic heterocycles. The first-order chi connectivity index (χ1) is 9.84. The number of anilines is 1. The number of pyridine rings is 2. The molecule has 0 amide bonds. The number of hydrogen-bond acceptors (Lipinski definition) is 4. The predicted octanol–water partition coefficient (Wildman–Crippen LogP) is 3.24. The Balaban J connectivity index is 1.80. The van der Waals surface area contributed by atoms with E-state index in [4.69, 9.17) is 0 Å². The van der Waals surface area contributed by atoms with E-state index < -0.39 is 0 Å². The molecule has 3 rings (SSSR count). The molecule has 0 aliphatic rings. The minimum Gasteiger partial charge on any atom is -0.379 e. The monoisotopic (exact) mass is 329 g/mol. The van der Waals surface area contributed by atoms with Gasteiger partial charge in [0.15, 0.2) is 0 Å². The van der Waals surface area contributed by atoms with E-state index >= 15 is 0 Å². The van der Waals surface area contributed by atoms with Crippen molar-refractivity contribution in [1.82, 2.24) is 20.2 Å². The topological polar surface area (TPSA) is 66.5 Å². The lowest BCUT2D eigenvalue weighted by molar-refractivity contribution is 1.09. The molecule has 0 spiro atoms. The summed E-state index contributed by atoms with van der Waals surface area (Å²) in [7, 11) is 0. The van der Waals surface area contributed by atoms with Crippen molar-refractivity contribution < 1.29 is 0 Å². The Hall–Kier alpha value is -2.21. The van der Waals surface area contributed by atoms with E-state index in [1.165, 1.54) is 0 Å². The standard InChI is InChI=1S/C14H12BrN5/c15-14-12(4-2-6-17-14)18-8-11-9-19-20-13(11)10-3-1-5-16-7-10/h1-7,9,18H,8H2,(H,19,20). The summed E-state index contributed by atoms with van der Waals surface area (Å²) in [6.45, 7) is 0.658. The van der Waals surface area contributed by atoms with Crippen molar-refractivity contribution in [2.24, 2.45) is 0 Å². The van der Waals surface area contributed by atoms with Gasteiger partial charge >= 0.3 is 0 Å². The molecule has 0 aromatic carbocycles. The van der Waals surface area contributed by atoms with Crippen LogP contribution >= 0.6 is 15.9 Å². The number of nitrogens with zero attached hydrogens (tertiary/aromatic N) is 3. The summed E-state index contributed by atoms with van der Waals surface area (Å²) in [5, 5.41) is 10.5. The Bertz CT molecular complexity index is 696. The average Bonchev–Trinajstić information content (AvgIpc) is 2.96. The molecule has 0 atom stereocenters. The largest absolute Gasteiger partial charge is 0.379 e. The van der Waals surface area contributed by atoms with E-state index in [2.05, 4.69) is 41.4 Å². The maximum Gasteiger partial charge on any atom is 0.129 e. The summed E-state index contributed by atoms with van der Waals surface area (Å²) in [5.74, 6) is 0. The Morgan fingerprint density at radius 2 is 2.05 bits per heavy atom. The van der Waals surface area contributed by atoms with E-state index in [0.29, 0.717) is 6.54 Å². The van der Waals surface area contributed by atoms with Crippen molar-refractivity contribution in [2.45, 2.75) is 6.54 Å². The van der Waals surface area contributed by atoms with Crippen LogP contribution in [0.3, 0.4) is 0 Å². The smallest absolute Gasteiger partial charge is 0.129 e. The molecule has 0 saturated carbocycles. The Kier molecular flexibility index (Phi) is 3.73. The first-order valence-electron chi connectivity index (χ1n) is 6.11. The van der Waals surface area contributed by atoms with Gasteiger partial charge in [-0.3, -0.25) is 10.1 Å². The van der Waals surface area contributed by atoms with E-state index in [-0.39, 0.29) is 0 Å². The van der Waals surface area contributed by atoms with Gasteiger partial charge in [0.2, 0.25) is 0 Å². The number of rotatable bonds is 4. The van der Waals surface area contributed by atoms with Gasteiger partial charge in [-0.25, -0.2) is 4.98 Å². The van der Waals surface area contributed by atoms with Crippen LogP contribution in [-0.2, 0) is 6.54 Å². The van der Waals surface area contributed by atoms with Gasteiger partial charge in [0.05, 0.1) is 17.6 Å².